The van der Waals surface area contributed by atoms with Crippen molar-refractivity contribution < 1.29 is 4.74 Å². The van der Waals surface area contributed by atoms with Gasteiger partial charge in [0.05, 0.1) is 11.6 Å². The van der Waals surface area contributed by atoms with Crippen molar-refractivity contribution in [1.29, 1.82) is 0 Å². The van der Waals surface area contributed by atoms with Gasteiger partial charge in [-0.2, -0.15) is 0 Å². The van der Waals surface area contributed by atoms with Crippen LogP contribution in [0.3, 0.4) is 0 Å². The summed E-state index contributed by atoms with van der Waals surface area (Å²) in [4.78, 5) is 2.50. The minimum absolute atomic E-state index is 0.747. The van der Waals surface area contributed by atoms with E-state index in [-0.39, 0.29) is 0 Å². The number of hydrogen-bond acceptors (Lipinski definition) is 2. The van der Waals surface area contributed by atoms with Gasteiger partial charge in [-0.15, -0.1) is 0 Å². The fourth-order valence-electron chi connectivity index (χ4n) is 2.91. The molecule has 1 fully saturated rings. The van der Waals surface area contributed by atoms with E-state index in [1.807, 2.05) is 6.07 Å². The van der Waals surface area contributed by atoms with Crippen molar-refractivity contribution in [1.82, 2.24) is 4.90 Å². The molecule has 0 aromatic heterocycles. The van der Waals surface area contributed by atoms with Crippen LogP contribution in [-0.2, 0) is 6.54 Å². The van der Waals surface area contributed by atoms with Gasteiger partial charge in [-0.25, -0.2) is 0 Å². The molecule has 0 bridgehead atoms. The first-order valence-corrected chi connectivity index (χ1v) is 7.92. The Morgan fingerprint density at radius 3 is 2.53 bits per heavy atom. The second kappa shape index (κ2) is 6.76. The Bertz CT molecular complexity index is 413. The van der Waals surface area contributed by atoms with E-state index in [0.717, 1.165) is 28.7 Å². The molecule has 2 rings (SSSR count). The third-order valence-electron chi connectivity index (χ3n) is 4.26. The van der Waals surface area contributed by atoms with Gasteiger partial charge in [0.25, 0.3) is 0 Å². The van der Waals surface area contributed by atoms with E-state index in [4.69, 9.17) is 4.74 Å². The highest BCUT2D eigenvalue weighted by Crippen LogP contribution is 2.29. The molecule has 0 atom stereocenters. The van der Waals surface area contributed by atoms with E-state index >= 15 is 0 Å². The first kappa shape index (κ1) is 14.9. The van der Waals surface area contributed by atoms with Crippen LogP contribution in [0.4, 0.5) is 0 Å². The predicted molar refractivity (Wildman–Crippen MR) is 83.6 cm³/mol. The summed E-state index contributed by atoms with van der Waals surface area (Å²) < 4.78 is 6.31. The zero-order valence-electron chi connectivity index (χ0n) is 12.2. The van der Waals surface area contributed by atoms with Gasteiger partial charge in [-0.3, -0.25) is 4.90 Å². The molecule has 0 radical (unpaired) electrons. The highest BCUT2D eigenvalue weighted by Gasteiger charge is 2.21. The summed E-state index contributed by atoms with van der Waals surface area (Å²) in [7, 11) is 3.95. The summed E-state index contributed by atoms with van der Waals surface area (Å²) in [5, 5.41) is 0. The first-order valence-electron chi connectivity index (χ1n) is 7.12. The smallest absolute Gasteiger partial charge is 0.133 e. The van der Waals surface area contributed by atoms with E-state index in [1.54, 1.807) is 7.11 Å². The minimum atomic E-state index is 0.747. The van der Waals surface area contributed by atoms with E-state index in [9.17, 15) is 0 Å². The first-order chi connectivity index (χ1) is 9.10. The van der Waals surface area contributed by atoms with Crippen molar-refractivity contribution in [2.24, 2.45) is 5.92 Å². The van der Waals surface area contributed by atoms with Crippen molar-refractivity contribution >= 4 is 15.9 Å². The molecule has 0 amide bonds. The molecule has 106 valence electrons. The number of ether oxygens (including phenoxy) is 1. The zero-order chi connectivity index (χ0) is 13.8. The number of benzene rings is 1. The molecular weight excluding hydrogens is 302 g/mol. The second-order valence-corrected chi connectivity index (χ2v) is 6.65. The quantitative estimate of drug-likeness (QED) is 0.809. The molecule has 2 nitrogen and oxygen atoms in total. The van der Waals surface area contributed by atoms with Crippen molar-refractivity contribution in [2.45, 2.75) is 45.2 Å². The Kier molecular flexibility index (Phi) is 5.28. The Labute approximate surface area is 125 Å². The van der Waals surface area contributed by atoms with Crippen molar-refractivity contribution in [3.63, 3.8) is 0 Å². The van der Waals surface area contributed by atoms with Crippen LogP contribution in [-0.4, -0.2) is 25.1 Å². The van der Waals surface area contributed by atoms with Gasteiger partial charge in [0.2, 0.25) is 0 Å². The maximum atomic E-state index is 5.27. The lowest BCUT2D eigenvalue weighted by Gasteiger charge is -2.33. The Morgan fingerprint density at radius 1 is 1.26 bits per heavy atom. The van der Waals surface area contributed by atoms with Crippen LogP contribution in [0.5, 0.6) is 5.75 Å². The van der Waals surface area contributed by atoms with Crippen LogP contribution in [0, 0.1) is 5.92 Å². The highest BCUT2D eigenvalue weighted by atomic mass is 79.9. The Hall–Kier alpha value is -0.540. The van der Waals surface area contributed by atoms with Gasteiger partial charge < -0.3 is 4.74 Å². The molecule has 0 spiro atoms. The molecule has 1 saturated carbocycles. The molecule has 1 aliphatic rings. The molecule has 0 saturated heterocycles. The Balaban J connectivity index is 1.95. The summed E-state index contributed by atoms with van der Waals surface area (Å²) in [6.45, 7) is 3.39. The Morgan fingerprint density at radius 2 is 1.95 bits per heavy atom. The van der Waals surface area contributed by atoms with Gasteiger partial charge >= 0.3 is 0 Å². The fourth-order valence-corrected chi connectivity index (χ4v) is 3.50. The lowest BCUT2D eigenvalue weighted by molar-refractivity contribution is 0.164. The lowest BCUT2D eigenvalue weighted by Crippen LogP contribution is -2.34. The van der Waals surface area contributed by atoms with Gasteiger partial charge in [-0.1, -0.05) is 13.0 Å². The maximum absolute atomic E-state index is 5.27. The summed E-state index contributed by atoms with van der Waals surface area (Å²) in [6, 6.07) is 7.11. The van der Waals surface area contributed by atoms with E-state index < -0.39 is 0 Å². The number of rotatable bonds is 4. The number of nitrogens with zero attached hydrogens (tertiary/aromatic N) is 1. The van der Waals surface area contributed by atoms with Crippen LogP contribution in [0.1, 0.15) is 38.2 Å². The normalized spacial score (nSPS) is 23.6. The third-order valence-corrected chi connectivity index (χ3v) is 4.88. The summed E-state index contributed by atoms with van der Waals surface area (Å²) in [5.41, 5.74) is 1.34. The largest absolute Gasteiger partial charge is 0.496 e. The third kappa shape index (κ3) is 3.96. The molecule has 19 heavy (non-hydrogen) atoms. The molecule has 0 N–H and O–H groups in total. The van der Waals surface area contributed by atoms with Crippen LogP contribution >= 0.6 is 15.9 Å². The molecule has 1 aromatic rings. The second-order valence-electron chi connectivity index (χ2n) is 5.80. The van der Waals surface area contributed by atoms with Crippen LogP contribution < -0.4 is 4.74 Å². The molecule has 3 heteroatoms. The summed E-state index contributed by atoms with van der Waals surface area (Å²) >= 11 is 3.56. The van der Waals surface area contributed by atoms with E-state index in [0.29, 0.717) is 0 Å². The molecule has 1 aromatic carbocycles. The van der Waals surface area contributed by atoms with Crippen LogP contribution in [0.2, 0.25) is 0 Å². The number of halogens is 1. The monoisotopic (exact) mass is 325 g/mol. The molecule has 1 aliphatic carbocycles. The van der Waals surface area contributed by atoms with Crippen LogP contribution in [0.25, 0.3) is 0 Å². The van der Waals surface area contributed by atoms with Gasteiger partial charge in [0, 0.05) is 12.6 Å². The van der Waals surface area contributed by atoms with Crippen LogP contribution in [0.15, 0.2) is 22.7 Å². The molecule has 0 unspecified atom stereocenters. The minimum Gasteiger partial charge on any atom is -0.496 e. The van der Waals surface area contributed by atoms with Gasteiger partial charge in [-0.05, 0) is 72.3 Å². The molecular formula is C16H24BrNO. The maximum Gasteiger partial charge on any atom is 0.133 e. The fraction of sp³-hybridized carbons (Fsp3) is 0.625. The lowest BCUT2D eigenvalue weighted by atomic mass is 9.86. The average molecular weight is 326 g/mol. The summed E-state index contributed by atoms with van der Waals surface area (Å²) in [6.07, 6.45) is 5.44. The average Bonchev–Trinajstić information content (AvgIpc) is 2.39. The molecule has 0 heterocycles. The van der Waals surface area contributed by atoms with Gasteiger partial charge in [0.15, 0.2) is 0 Å². The summed E-state index contributed by atoms with van der Waals surface area (Å²) in [5.74, 6) is 1.82. The topological polar surface area (TPSA) is 12.5 Å². The zero-order valence-corrected chi connectivity index (χ0v) is 13.7. The highest BCUT2D eigenvalue weighted by molar-refractivity contribution is 9.10. The number of hydrogen-bond donors (Lipinski definition) is 0. The van der Waals surface area contributed by atoms with E-state index in [1.165, 1.54) is 31.2 Å². The predicted octanol–water partition coefficient (Wildman–Crippen LogP) is 4.47. The van der Waals surface area contributed by atoms with E-state index in [2.05, 4.69) is 46.9 Å². The standard InChI is InChI=1S/C16H24BrNO/c1-12-4-7-14(8-5-12)18(2)11-13-6-9-16(19-3)15(17)10-13/h6,9-10,12,14H,4-5,7-8,11H2,1-3H3. The van der Waals surface area contributed by atoms with Gasteiger partial charge in [0.1, 0.15) is 5.75 Å². The van der Waals surface area contributed by atoms with Crippen molar-refractivity contribution in [3.05, 3.63) is 28.2 Å². The SMILES string of the molecule is COc1ccc(CN(C)C2CCC(C)CC2)cc1Br. The number of methoxy groups -OCH3 is 1. The van der Waals surface area contributed by atoms with Crippen molar-refractivity contribution in [2.75, 3.05) is 14.2 Å². The molecule has 0 aliphatic heterocycles. The van der Waals surface area contributed by atoms with Crippen molar-refractivity contribution in [3.8, 4) is 5.75 Å².